The fraction of sp³-hybridized carbons (Fsp3) is 0.429. The first-order chi connectivity index (χ1) is 19.5. The molecule has 41 heavy (non-hydrogen) atoms. The fourth-order valence-electron chi connectivity index (χ4n) is 5.43. The molecule has 0 amide bonds. The van der Waals surface area contributed by atoms with E-state index in [0.29, 0.717) is 36.2 Å². The third kappa shape index (κ3) is 5.74. The molecule has 0 radical (unpaired) electrons. The van der Waals surface area contributed by atoms with E-state index < -0.39 is 23.9 Å². The summed E-state index contributed by atoms with van der Waals surface area (Å²) in [7, 11) is 0. The lowest BCUT2D eigenvalue weighted by Gasteiger charge is -2.40. The van der Waals surface area contributed by atoms with Gasteiger partial charge in [-0.3, -0.25) is 0 Å². The smallest absolute Gasteiger partial charge is 0.416 e. The van der Waals surface area contributed by atoms with Crippen molar-refractivity contribution in [2.24, 2.45) is 0 Å². The summed E-state index contributed by atoms with van der Waals surface area (Å²) in [5, 5.41) is 14.6. The van der Waals surface area contributed by atoms with Gasteiger partial charge in [-0.05, 0) is 44.5 Å². The van der Waals surface area contributed by atoms with Gasteiger partial charge in [0.2, 0.25) is 6.35 Å². The van der Waals surface area contributed by atoms with Gasteiger partial charge < -0.3 is 34.4 Å². The van der Waals surface area contributed by atoms with Crippen LogP contribution in [0.2, 0.25) is 5.02 Å². The lowest BCUT2D eigenvalue weighted by molar-refractivity contribution is -0.141. The Morgan fingerprint density at radius 3 is 2.83 bits per heavy atom. The zero-order valence-corrected chi connectivity index (χ0v) is 23.1. The number of hydrogen-bond donors (Lipinski definition) is 2. The molecule has 3 aliphatic rings. The number of benzene rings is 1. The van der Waals surface area contributed by atoms with Gasteiger partial charge in [0.1, 0.15) is 24.3 Å². The highest BCUT2D eigenvalue weighted by Crippen LogP contribution is 2.44. The number of hydrogen-bond acceptors (Lipinski definition) is 9. The van der Waals surface area contributed by atoms with Gasteiger partial charge in [-0.25, -0.2) is 9.97 Å². The van der Waals surface area contributed by atoms with Gasteiger partial charge in [-0.1, -0.05) is 23.7 Å². The van der Waals surface area contributed by atoms with Crippen LogP contribution in [0.25, 0.3) is 11.3 Å². The normalized spacial score (nSPS) is 22.0. The van der Waals surface area contributed by atoms with E-state index in [4.69, 9.17) is 30.8 Å². The minimum absolute atomic E-state index is 0.0877. The predicted molar refractivity (Wildman–Crippen MR) is 147 cm³/mol. The third-order valence-electron chi connectivity index (χ3n) is 7.32. The van der Waals surface area contributed by atoms with E-state index in [2.05, 4.69) is 15.2 Å². The van der Waals surface area contributed by atoms with Crippen LogP contribution in [0.5, 0.6) is 5.75 Å². The number of pyridine rings is 2. The van der Waals surface area contributed by atoms with Crippen LogP contribution in [0.4, 0.5) is 30.5 Å². The van der Waals surface area contributed by atoms with Crippen molar-refractivity contribution in [2.45, 2.75) is 50.7 Å². The molecule has 1 aromatic carbocycles. The quantitative estimate of drug-likeness (QED) is 0.363. The standard InChI is InChI=1S/C28H29ClF3N5O4/c1-27(2)40-15-20(41-27)14-39-19-6-8-33-23(11-19)34-26(38)37-18-7-9-36(13-18)22-12-21(29)24(35-25(22)37)16-4-3-5-17(10-16)28(30,31)32/h3-6,8,10-12,18,20,26,38H,7,9,13-15H2,1-2H3,(H,33,34)/t18-,20+,26?/m0/s1. The van der Waals surface area contributed by atoms with E-state index in [1.165, 1.54) is 12.1 Å². The maximum Gasteiger partial charge on any atom is 0.416 e. The van der Waals surface area contributed by atoms with E-state index in [1.54, 1.807) is 29.3 Å². The first kappa shape index (κ1) is 27.8. The van der Waals surface area contributed by atoms with Crippen LogP contribution < -0.4 is 19.9 Å². The van der Waals surface area contributed by atoms with Crippen molar-refractivity contribution >= 4 is 28.9 Å². The highest BCUT2D eigenvalue weighted by atomic mass is 35.5. The summed E-state index contributed by atoms with van der Waals surface area (Å²) in [4.78, 5) is 12.9. The second-order valence-electron chi connectivity index (χ2n) is 10.7. The third-order valence-corrected chi connectivity index (χ3v) is 7.61. The molecule has 3 aliphatic heterocycles. The number of aromatic nitrogens is 2. The largest absolute Gasteiger partial charge is 0.491 e. The average molecular weight is 592 g/mol. The van der Waals surface area contributed by atoms with Crippen LogP contribution in [-0.2, 0) is 15.7 Å². The van der Waals surface area contributed by atoms with Crippen LogP contribution in [-0.4, -0.2) is 65.7 Å². The first-order valence-corrected chi connectivity index (χ1v) is 13.6. The zero-order chi connectivity index (χ0) is 28.9. The van der Waals surface area contributed by atoms with E-state index in [0.717, 1.165) is 25.1 Å². The Kier molecular flexibility index (Phi) is 7.13. The summed E-state index contributed by atoms with van der Waals surface area (Å²) < 4.78 is 57.4. The summed E-state index contributed by atoms with van der Waals surface area (Å²) in [6.07, 6.45) is -3.64. The molecular weight excluding hydrogens is 563 g/mol. The van der Waals surface area contributed by atoms with Gasteiger partial charge >= 0.3 is 6.18 Å². The number of alkyl halides is 3. The molecule has 5 heterocycles. The second kappa shape index (κ2) is 10.5. The van der Waals surface area contributed by atoms with Gasteiger partial charge in [0.15, 0.2) is 11.6 Å². The van der Waals surface area contributed by atoms with Gasteiger partial charge in [0.05, 0.1) is 34.6 Å². The number of halogens is 4. The van der Waals surface area contributed by atoms with E-state index in [9.17, 15) is 18.3 Å². The first-order valence-electron chi connectivity index (χ1n) is 13.2. The van der Waals surface area contributed by atoms with Crippen LogP contribution >= 0.6 is 11.6 Å². The Bertz CT molecular complexity index is 1440. The number of aliphatic hydroxyl groups is 1. The summed E-state index contributed by atoms with van der Waals surface area (Å²) >= 11 is 6.56. The fourth-order valence-corrected chi connectivity index (χ4v) is 5.68. The molecule has 2 saturated heterocycles. The SMILES string of the molecule is CC1(C)OC[C@@H](COc2ccnc(NC(O)N3c4nc(-c5cccc(C(F)(F)F)c5)c(Cl)cc4N4CC[C@H]3C4)c2)O1. The maximum absolute atomic E-state index is 13.4. The second-order valence-corrected chi connectivity index (χ2v) is 11.1. The lowest BCUT2D eigenvalue weighted by Crippen LogP contribution is -2.51. The molecule has 3 aromatic rings. The zero-order valence-electron chi connectivity index (χ0n) is 22.4. The molecule has 2 N–H and O–H groups in total. The Labute approximate surface area is 239 Å². The molecule has 2 aromatic heterocycles. The molecule has 2 bridgehead atoms. The van der Waals surface area contributed by atoms with E-state index in [-0.39, 0.29) is 35.0 Å². The average Bonchev–Trinajstić information content (AvgIpc) is 3.50. The van der Waals surface area contributed by atoms with Crippen molar-refractivity contribution in [3.63, 3.8) is 0 Å². The number of aliphatic hydroxyl groups excluding tert-OH is 1. The van der Waals surface area contributed by atoms with Gasteiger partial charge in [-0.2, -0.15) is 13.2 Å². The number of ether oxygens (including phenoxy) is 3. The molecule has 3 atom stereocenters. The summed E-state index contributed by atoms with van der Waals surface area (Å²) in [5.41, 5.74) is 0.337. The monoisotopic (exact) mass is 591 g/mol. The molecule has 0 saturated carbocycles. The van der Waals surface area contributed by atoms with E-state index in [1.807, 2.05) is 13.8 Å². The minimum atomic E-state index is -4.51. The Morgan fingerprint density at radius 2 is 2.07 bits per heavy atom. The van der Waals surface area contributed by atoms with Crippen LogP contribution in [0.3, 0.4) is 0 Å². The predicted octanol–water partition coefficient (Wildman–Crippen LogP) is 5.13. The highest BCUT2D eigenvalue weighted by Gasteiger charge is 2.41. The van der Waals surface area contributed by atoms with E-state index >= 15 is 0 Å². The maximum atomic E-state index is 13.4. The lowest BCUT2D eigenvalue weighted by atomic mass is 10.1. The van der Waals surface area contributed by atoms with Crippen molar-refractivity contribution in [3.8, 4) is 17.0 Å². The van der Waals surface area contributed by atoms with Gasteiger partial charge in [0, 0.05) is 30.9 Å². The number of nitrogens with one attached hydrogen (secondary N) is 1. The number of rotatable bonds is 7. The molecule has 6 rings (SSSR count). The van der Waals surface area contributed by atoms with Crippen molar-refractivity contribution in [1.29, 1.82) is 0 Å². The Morgan fingerprint density at radius 1 is 1.24 bits per heavy atom. The molecule has 0 aliphatic carbocycles. The molecule has 2 fully saturated rings. The van der Waals surface area contributed by atoms with Crippen LogP contribution in [0, 0.1) is 0 Å². The minimum Gasteiger partial charge on any atom is -0.491 e. The van der Waals surface area contributed by atoms with Crippen molar-refractivity contribution in [3.05, 3.63) is 59.2 Å². The number of nitrogens with zero attached hydrogens (tertiary/aromatic N) is 4. The van der Waals surface area contributed by atoms with Crippen molar-refractivity contribution < 1.29 is 32.5 Å². The molecule has 218 valence electrons. The number of anilines is 3. The van der Waals surface area contributed by atoms with Crippen molar-refractivity contribution in [2.75, 3.05) is 41.4 Å². The topological polar surface area (TPSA) is 92.2 Å². The summed E-state index contributed by atoms with van der Waals surface area (Å²) in [6.45, 7) is 5.77. The van der Waals surface area contributed by atoms with Gasteiger partial charge in [-0.15, -0.1) is 0 Å². The van der Waals surface area contributed by atoms with Gasteiger partial charge in [0.25, 0.3) is 0 Å². The Hall–Kier alpha value is -3.32. The molecular formula is C28H29ClF3N5O4. The summed E-state index contributed by atoms with van der Waals surface area (Å²) in [6, 6.07) is 9.86. The number of fused-ring (bicyclic) bond motifs is 4. The Balaban J connectivity index is 1.24. The molecule has 13 heteroatoms. The molecule has 1 unspecified atom stereocenters. The van der Waals surface area contributed by atoms with Crippen LogP contribution in [0.15, 0.2) is 48.7 Å². The van der Waals surface area contributed by atoms with Crippen LogP contribution in [0.1, 0.15) is 25.8 Å². The van der Waals surface area contributed by atoms with Crippen molar-refractivity contribution in [1.82, 2.24) is 9.97 Å². The summed E-state index contributed by atoms with van der Waals surface area (Å²) in [5.74, 6) is 0.672. The molecule has 0 spiro atoms. The molecule has 9 nitrogen and oxygen atoms in total. The highest BCUT2D eigenvalue weighted by molar-refractivity contribution is 6.33.